The number of hydrogen-bond donors (Lipinski definition) is 0. The van der Waals surface area contributed by atoms with Gasteiger partial charge in [-0.2, -0.15) is 0 Å². The Morgan fingerprint density at radius 1 is 1.00 bits per heavy atom. The van der Waals surface area contributed by atoms with Crippen LogP contribution in [0, 0.1) is 0 Å². The first-order valence-corrected chi connectivity index (χ1v) is 9.64. The predicted molar refractivity (Wildman–Crippen MR) is 107 cm³/mol. The third-order valence-corrected chi connectivity index (χ3v) is 5.47. The van der Waals surface area contributed by atoms with Crippen molar-refractivity contribution >= 4 is 33.5 Å². The number of benzene rings is 2. The number of ether oxygens (including phenoxy) is 1. The van der Waals surface area contributed by atoms with E-state index in [0.717, 1.165) is 24.2 Å². The Bertz CT molecular complexity index is 950. The molecule has 26 heavy (non-hydrogen) atoms. The Morgan fingerprint density at radius 3 is 2.46 bits per heavy atom. The fourth-order valence-corrected chi connectivity index (χ4v) is 4.14. The van der Waals surface area contributed by atoms with Crippen LogP contribution in [0.3, 0.4) is 0 Å². The number of anilines is 1. The molecule has 0 atom stereocenters. The predicted octanol–water partition coefficient (Wildman–Crippen LogP) is 4.89. The SMILES string of the molecule is CCOC(=O)c1cc2c3ccccc3n(C)c2cc1N1CCCCCC1. The zero-order valence-electron chi connectivity index (χ0n) is 15.6. The van der Waals surface area contributed by atoms with Crippen molar-refractivity contribution in [3.05, 3.63) is 42.0 Å². The molecule has 0 unspecified atom stereocenters. The van der Waals surface area contributed by atoms with E-state index in [2.05, 4.69) is 46.8 Å². The van der Waals surface area contributed by atoms with Crippen LogP contribution in [0.1, 0.15) is 43.0 Å². The van der Waals surface area contributed by atoms with E-state index in [1.165, 1.54) is 42.1 Å². The molecule has 0 radical (unpaired) electrons. The van der Waals surface area contributed by atoms with Gasteiger partial charge < -0.3 is 14.2 Å². The zero-order chi connectivity index (χ0) is 18.1. The van der Waals surface area contributed by atoms with Gasteiger partial charge in [-0.05, 0) is 38.0 Å². The third kappa shape index (κ3) is 2.83. The first-order chi connectivity index (χ1) is 12.7. The number of nitrogens with zero attached hydrogens (tertiary/aromatic N) is 2. The summed E-state index contributed by atoms with van der Waals surface area (Å²) in [4.78, 5) is 15.1. The first kappa shape index (κ1) is 17.0. The van der Waals surface area contributed by atoms with Crippen molar-refractivity contribution in [1.29, 1.82) is 0 Å². The van der Waals surface area contributed by atoms with Crippen molar-refractivity contribution in [1.82, 2.24) is 4.57 Å². The minimum Gasteiger partial charge on any atom is -0.462 e. The minimum absolute atomic E-state index is 0.221. The number of carbonyl (C=O) groups is 1. The molecule has 4 rings (SSSR count). The Hall–Kier alpha value is -2.49. The number of hydrogen-bond acceptors (Lipinski definition) is 3. The number of carbonyl (C=O) groups excluding carboxylic acids is 1. The molecule has 1 aliphatic rings. The monoisotopic (exact) mass is 350 g/mol. The van der Waals surface area contributed by atoms with Crippen molar-refractivity contribution in [2.24, 2.45) is 7.05 Å². The van der Waals surface area contributed by atoms with Crippen molar-refractivity contribution in [2.45, 2.75) is 32.6 Å². The summed E-state index contributed by atoms with van der Waals surface area (Å²) in [7, 11) is 2.10. The van der Waals surface area contributed by atoms with Crippen molar-refractivity contribution in [2.75, 3.05) is 24.6 Å². The zero-order valence-corrected chi connectivity index (χ0v) is 15.6. The van der Waals surface area contributed by atoms with Crippen molar-refractivity contribution in [3.8, 4) is 0 Å². The molecule has 0 aliphatic carbocycles. The number of fused-ring (bicyclic) bond motifs is 3. The summed E-state index contributed by atoms with van der Waals surface area (Å²) in [5.74, 6) is -0.221. The van der Waals surface area contributed by atoms with E-state index in [4.69, 9.17) is 4.74 Å². The quantitative estimate of drug-likeness (QED) is 0.631. The van der Waals surface area contributed by atoms with Gasteiger partial charge in [-0.1, -0.05) is 31.0 Å². The highest BCUT2D eigenvalue weighted by molar-refractivity contribution is 6.12. The number of aromatic nitrogens is 1. The Morgan fingerprint density at radius 2 is 1.73 bits per heavy atom. The average molecular weight is 350 g/mol. The summed E-state index contributed by atoms with van der Waals surface area (Å²) in [6.07, 6.45) is 4.88. The molecule has 0 spiro atoms. The maximum atomic E-state index is 12.7. The Kier molecular flexibility index (Phi) is 4.58. The smallest absolute Gasteiger partial charge is 0.340 e. The second-order valence-electron chi connectivity index (χ2n) is 7.08. The van der Waals surface area contributed by atoms with Crippen LogP contribution in [0.25, 0.3) is 21.8 Å². The molecule has 4 nitrogen and oxygen atoms in total. The topological polar surface area (TPSA) is 34.5 Å². The van der Waals surface area contributed by atoms with Gasteiger partial charge in [0.05, 0.1) is 23.4 Å². The lowest BCUT2D eigenvalue weighted by Crippen LogP contribution is -2.26. The summed E-state index contributed by atoms with van der Waals surface area (Å²) >= 11 is 0. The molecule has 0 N–H and O–H groups in total. The molecule has 1 aromatic heterocycles. The summed E-state index contributed by atoms with van der Waals surface area (Å²) in [5.41, 5.74) is 4.06. The second-order valence-corrected chi connectivity index (χ2v) is 7.08. The third-order valence-electron chi connectivity index (χ3n) is 5.47. The maximum absolute atomic E-state index is 12.7. The van der Waals surface area contributed by atoms with Gasteiger partial charge in [0.25, 0.3) is 0 Å². The van der Waals surface area contributed by atoms with Crippen LogP contribution in [-0.2, 0) is 11.8 Å². The molecule has 1 aliphatic heterocycles. The summed E-state index contributed by atoms with van der Waals surface area (Å²) < 4.78 is 7.61. The number of rotatable bonds is 3. The highest BCUT2D eigenvalue weighted by Gasteiger charge is 2.22. The summed E-state index contributed by atoms with van der Waals surface area (Å²) in [6, 6.07) is 12.6. The van der Waals surface area contributed by atoms with E-state index in [-0.39, 0.29) is 5.97 Å². The van der Waals surface area contributed by atoms with Gasteiger partial charge in [0.15, 0.2) is 0 Å². The molecular weight excluding hydrogens is 324 g/mol. The van der Waals surface area contributed by atoms with Crippen molar-refractivity contribution < 1.29 is 9.53 Å². The molecule has 1 saturated heterocycles. The van der Waals surface area contributed by atoms with E-state index in [0.29, 0.717) is 12.2 Å². The van der Waals surface area contributed by atoms with Crippen LogP contribution in [0.2, 0.25) is 0 Å². The van der Waals surface area contributed by atoms with E-state index in [9.17, 15) is 4.79 Å². The summed E-state index contributed by atoms with van der Waals surface area (Å²) in [6.45, 7) is 4.26. The van der Waals surface area contributed by atoms with Crippen LogP contribution in [0.15, 0.2) is 36.4 Å². The minimum atomic E-state index is -0.221. The van der Waals surface area contributed by atoms with Gasteiger partial charge in [0.2, 0.25) is 0 Å². The fraction of sp³-hybridized carbons (Fsp3) is 0.409. The van der Waals surface area contributed by atoms with Gasteiger partial charge in [0, 0.05) is 36.4 Å². The molecule has 2 aromatic carbocycles. The molecule has 0 bridgehead atoms. The Balaban J connectivity index is 1.95. The van der Waals surface area contributed by atoms with Gasteiger partial charge in [-0.15, -0.1) is 0 Å². The Labute approximate surface area is 154 Å². The lowest BCUT2D eigenvalue weighted by atomic mass is 10.1. The molecule has 1 fully saturated rings. The van der Waals surface area contributed by atoms with Gasteiger partial charge >= 0.3 is 5.97 Å². The number of aryl methyl sites for hydroxylation is 1. The van der Waals surface area contributed by atoms with Crippen LogP contribution < -0.4 is 4.90 Å². The van der Waals surface area contributed by atoms with Gasteiger partial charge in [0.1, 0.15) is 0 Å². The lowest BCUT2D eigenvalue weighted by Gasteiger charge is -2.25. The lowest BCUT2D eigenvalue weighted by molar-refractivity contribution is 0.0527. The molecule has 4 heteroatoms. The summed E-state index contributed by atoms with van der Waals surface area (Å²) in [5, 5.41) is 2.29. The van der Waals surface area contributed by atoms with Gasteiger partial charge in [-0.25, -0.2) is 4.79 Å². The van der Waals surface area contributed by atoms with E-state index in [1.54, 1.807) is 0 Å². The molecule has 3 aromatic rings. The maximum Gasteiger partial charge on any atom is 0.340 e. The van der Waals surface area contributed by atoms with E-state index < -0.39 is 0 Å². The van der Waals surface area contributed by atoms with Crippen LogP contribution >= 0.6 is 0 Å². The number of esters is 1. The molecular formula is C22H26N2O2. The van der Waals surface area contributed by atoms with Crippen molar-refractivity contribution in [3.63, 3.8) is 0 Å². The second kappa shape index (κ2) is 7.02. The van der Waals surface area contributed by atoms with Crippen LogP contribution in [0.4, 0.5) is 5.69 Å². The average Bonchev–Trinajstić information content (AvgIpc) is 2.84. The number of para-hydroxylation sites is 1. The molecule has 0 amide bonds. The van der Waals surface area contributed by atoms with Gasteiger partial charge in [-0.3, -0.25) is 0 Å². The largest absolute Gasteiger partial charge is 0.462 e. The molecule has 136 valence electrons. The normalized spacial score (nSPS) is 15.4. The van der Waals surface area contributed by atoms with Crippen LogP contribution in [-0.4, -0.2) is 30.2 Å². The molecule has 2 heterocycles. The molecule has 0 saturated carbocycles. The standard InChI is InChI=1S/C22H26N2O2/c1-3-26-22(25)18-14-17-16-10-6-7-11-19(16)23(2)20(17)15-21(18)24-12-8-4-5-9-13-24/h6-7,10-11,14-15H,3-5,8-9,12-13H2,1-2H3. The van der Waals surface area contributed by atoms with E-state index in [1.807, 2.05) is 13.0 Å². The first-order valence-electron chi connectivity index (χ1n) is 9.64. The fourth-order valence-electron chi connectivity index (χ4n) is 4.14. The van der Waals surface area contributed by atoms with E-state index >= 15 is 0 Å². The highest BCUT2D eigenvalue weighted by atomic mass is 16.5. The van der Waals surface area contributed by atoms with Crippen LogP contribution in [0.5, 0.6) is 0 Å². The highest BCUT2D eigenvalue weighted by Crippen LogP contribution is 2.35.